The molecule has 1 aromatic heterocycles. The standard InChI is InChI=1S/C18H14FNO3S/c1-11-16(18(21)22)24-17(20-11)13-7-3-5-9-15(13)23-10-12-6-2-4-8-14(12)19/h2-9H,10H2,1H3,(H,21,22). The summed E-state index contributed by atoms with van der Waals surface area (Å²) in [7, 11) is 0. The van der Waals surface area contributed by atoms with E-state index in [1.807, 2.05) is 6.07 Å². The highest BCUT2D eigenvalue weighted by atomic mass is 32.1. The summed E-state index contributed by atoms with van der Waals surface area (Å²) >= 11 is 1.09. The third kappa shape index (κ3) is 3.28. The number of aromatic carboxylic acids is 1. The molecule has 0 radical (unpaired) electrons. The topological polar surface area (TPSA) is 59.4 Å². The Morgan fingerprint density at radius 3 is 2.62 bits per heavy atom. The minimum absolute atomic E-state index is 0.0832. The lowest BCUT2D eigenvalue weighted by Gasteiger charge is -2.10. The van der Waals surface area contributed by atoms with E-state index < -0.39 is 5.97 Å². The number of carboxylic acid groups (broad SMARTS) is 1. The third-order valence-corrected chi connectivity index (χ3v) is 4.63. The Balaban J connectivity index is 1.90. The number of aryl methyl sites for hydroxylation is 1. The molecule has 0 saturated carbocycles. The highest BCUT2D eigenvalue weighted by molar-refractivity contribution is 7.17. The molecule has 3 aromatic rings. The summed E-state index contributed by atoms with van der Waals surface area (Å²) in [6.07, 6.45) is 0. The number of para-hydroxylation sites is 1. The molecule has 6 heteroatoms. The van der Waals surface area contributed by atoms with Gasteiger partial charge in [-0.1, -0.05) is 30.3 Å². The van der Waals surface area contributed by atoms with Gasteiger partial charge in [0.25, 0.3) is 0 Å². The molecule has 0 fully saturated rings. The predicted molar refractivity (Wildman–Crippen MR) is 90.0 cm³/mol. The molecular formula is C18H14FNO3S. The molecule has 3 rings (SSSR count). The maximum absolute atomic E-state index is 13.7. The van der Waals surface area contributed by atoms with E-state index in [0.29, 0.717) is 27.6 Å². The fourth-order valence-corrected chi connectivity index (χ4v) is 3.19. The van der Waals surface area contributed by atoms with Crippen LogP contribution in [-0.4, -0.2) is 16.1 Å². The zero-order valence-electron chi connectivity index (χ0n) is 12.8. The van der Waals surface area contributed by atoms with Crippen molar-refractivity contribution in [3.8, 4) is 16.3 Å². The Morgan fingerprint density at radius 1 is 1.21 bits per heavy atom. The van der Waals surface area contributed by atoms with Crippen molar-refractivity contribution in [2.45, 2.75) is 13.5 Å². The number of carbonyl (C=O) groups is 1. The number of nitrogens with zero attached hydrogens (tertiary/aromatic N) is 1. The van der Waals surface area contributed by atoms with E-state index >= 15 is 0 Å². The second-order valence-corrected chi connectivity index (χ2v) is 6.11. The average Bonchev–Trinajstić information content (AvgIpc) is 2.96. The number of hydrogen-bond acceptors (Lipinski definition) is 4. The van der Waals surface area contributed by atoms with Gasteiger partial charge in [0.05, 0.1) is 11.3 Å². The van der Waals surface area contributed by atoms with Gasteiger partial charge in [0.2, 0.25) is 0 Å². The van der Waals surface area contributed by atoms with Gasteiger partial charge in [-0.05, 0) is 25.1 Å². The molecule has 1 heterocycles. The lowest BCUT2D eigenvalue weighted by atomic mass is 10.2. The Kier molecular flexibility index (Phi) is 4.57. The average molecular weight is 343 g/mol. The van der Waals surface area contributed by atoms with Crippen LogP contribution in [0, 0.1) is 12.7 Å². The van der Waals surface area contributed by atoms with Crippen LogP contribution in [0.4, 0.5) is 4.39 Å². The monoisotopic (exact) mass is 343 g/mol. The largest absolute Gasteiger partial charge is 0.488 e. The number of aromatic nitrogens is 1. The van der Waals surface area contributed by atoms with E-state index in [1.165, 1.54) is 6.07 Å². The Labute approximate surface area is 142 Å². The molecule has 122 valence electrons. The first kappa shape index (κ1) is 16.1. The summed E-state index contributed by atoms with van der Waals surface area (Å²) in [6, 6.07) is 13.6. The molecule has 0 aliphatic rings. The lowest BCUT2D eigenvalue weighted by molar-refractivity contribution is 0.0701. The van der Waals surface area contributed by atoms with Crippen molar-refractivity contribution in [1.29, 1.82) is 0 Å². The van der Waals surface area contributed by atoms with Crippen LogP contribution in [0.3, 0.4) is 0 Å². The minimum Gasteiger partial charge on any atom is -0.488 e. The third-order valence-electron chi connectivity index (χ3n) is 3.45. The second-order valence-electron chi connectivity index (χ2n) is 5.11. The molecule has 0 atom stereocenters. The van der Waals surface area contributed by atoms with Gasteiger partial charge in [-0.3, -0.25) is 0 Å². The summed E-state index contributed by atoms with van der Waals surface area (Å²) in [5.41, 5.74) is 1.61. The zero-order valence-corrected chi connectivity index (χ0v) is 13.6. The molecule has 0 amide bonds. The van der Waals surface area contributed by atoms with Crippen molar-refractivity contribution in [2.75, 3.05) is 0 Å². The number of thiazole rings is 1. The van der Waals surface area contributed by atoms with E-state index in [-0.39, 0.29) is 17.3 Å². The summed E-state index contributed by atoms with van der Waals surface area (Å²) in [5.74, 6) is -0.791. The Bertz CT molecular complexity index is 891. The van der Waals surface area contributed by atoms with Gasteiger partial charge in [-0.15, -0.1) is 11.3 Å². The fraction of sp³-hybridized carbons (Fsp3) is 0.111. The van der Waals surface area contributed by atoms with Crippen molar-refractivity contribution in [3.63, 3.8) is 0 Å². The van der Waals surface area contributed by atoms with Gasteiger partial charge < -0.3 is 9.84 Å². The fourth-order valence-electron chi connectivity index (χ4n) is 2.25. The summed E-state index contributed by atoms with van der Waals surface area (Å²) < 4.78 is 19.5. The first-order valence-electron chi connectivity index (χ1n) is 7.22. The number of carboxylic acids is 1. The lowest BCUT2D eigenvalue weighted by Crippen LogP contribution is -1.99. The maximum Gasteiger partial charge on any atom is 0.347 e. The summed E-state index contributed by atoms with van der Waals surface area (Å²) in [5, 5.41) is 9.74. The zero-order chi connectivity index (χ0) is 17.1. The molecule has 0 unspecified atom stereocenters. The van der Waals surface area contributed by atoms with Gasteiger partial charge in [0.15, 0.2) is 0 Å². The van der Waals surface area contributed by atoms with Crippen LogP contribution in [0.1, 0.15) is 20.9 Å². The number of benzene rings is 2. The molecule has 0 aliphatic heterocycles. The van der Waals surface area contributed by atoms with Crippen molar-refractivity contribution >= 4 is 17.3 Å². The van der Waals surface area contributed by atoms with Gasteiger partial charge in [-0.25, -0.2) is 14.2 Å². The van der Waals surface area contributed by atoms with Crippen molar-refractivity contribution < 1.29 is 19.0 Å². The van der Waals surface area contributed by atoms with Crippen LogP contribution in [0.15, 0.2) is 48.5 Å². The van der Waals surface area contributed by atoms with Gasteiger partial charge >= 0.3 is 5.97 Å². The molecule has 0 saturated heterocycles. The van der Waals surface area contributed by atoms with Crippen LogP contribution >= 0.6 is 11.3 Å². The van der Waals surface area contributed by atoms with Gasteiger partial charge in [0, 0.05) is 5.56 Å². The molecule has 0 spiro atoms. The molecule has 4 nitrogen and oxygen atoms in total. The SMILES string of the molecule is Cc1nc(-c2ccccc2OCc2ccccc2F)sc1C(=O)O. The van der Waals surface area contributed by atoms with E-state index in [9.17, 15) is 14.3 Å². The molecule has 0 bridgehead atoms. The number of ether oxygens (including phenoxy) is 1. The van der Waals surface area contributed by atoms with Crippen molar-refractivity contribution in [3.05, 3.63) is 70.5 Å². The summed E-state index contributed by atoms with van der Waals surface area (Å²) in [6.45, 7) is 1.74. The highest BCUT2D eigenvalue weighted by Crippen LogP contribution is 2.34. The van der Waals surface area contributed by atoms with E-state index in [1.54, 1.807) is 43.3 Å². The summed E-state index contributed by atoms with van der Waals surface area (Å²) in [4.78, 5) is 15.7. The highest BCUT2D eigenvalue weighted by Gasteiger charge is 2.17. The smallest absolute Gasteiger partial charge is 0.347 e. The minimum atomic E-state index is -0.999. The van der Waals surface area contributed by atoms with Gasteiger partial charge in [0.1, 0.15) is 28.1 Å². The first-order chi connectivity index (χ1) is 11.6. The molecule has 0 aliphatic carbocycles. The Morgan fingerprint density at radius 2 is 1.92 bits per heavy atom. The van der Waals surface area contributed by atoms with E-state index in [2.05, 4.69) is 4.98 Å². The van der Waals surface area contributed by atoms with Crippen molar-refractivity contribution in [2.24, 2.45) is 0 Å². The molecule has 24 heavy (non-hydrogen) atoms. The molecular weight excluding hydrogens is 329 g/mol. The molecule has 2 aromatic carbocycles. The van der Waals surface area contributed by atoms with Crippen LogP contribution in [0.25, 0.3) is 10.6 Å². The van der Waals surface area contributed by atoms with Crippen molar-refractivity contribution in [1.82, 2.24) is 4.98 Å². The van der Waals surface area contributed by atoms with Crippen LogP contribution < -0.4 is 4.74 Å². The van der Waals surface area contributed by atoms with Gasteiger partial charge in [-0.2, -0.15) is 0 Å². The second kappa shape index (κ2) is 6.80. The number of rotatable bonds is 5. The van der Waals surface area contributed by atoms with E-state index in [4.69, 9.17) is 4.74 Å². The van der Waals surface area contributed by atoms with Crippen LogP contribution in [0.2, 0.25) is 0 Å². The normalized spacial score (nSPS) is 10.6. The maximum atomic E-state index is 13.7. The molecule has 1 N–H and O–H groups in total. The van der Waals surface area contributed by atoms with Crippen LogP contribution in [0.5, 0.6) is 5.75 Å². The van der Waals surface area contributed by atoms with Crippen LogP contribution in [-0.2, 0) is 6.61 Å². The van der Waals surface area contributed by atoms with E-state index in [0.717, 1.165) is 11.3 Å². The number of halogens is 1. The number of hydrogen-bond donors (Lipinski definition) is 1. The Hall–Kier alpha value is -2.73. The predicted octanol–water partition coefficient (Wildman–Crippen LogP) is 4.53. The quantitative estimate of drug-likeness (QED) is 0.739. The first-order valence-corrected chi connectivity index (χ1v) is 8.04.